The number of hydrogen-bond acceptors (Lipinski definition) is 3. The average molecular weight is 264 g/mol. The summed E-state index contributed by atoms with van der Waals surface area (Å²) in [6, 6.07) is 0. The lowest BCUT2D eigenvalue weighted by Gasteiger charge is -2.46. The molecule has 0 aliphatic carbocycles. The Morgan fingerprint density at radius 2 is 1.88 bits per heavy atom. The first kappa shape index (κ1) is 14.9. The molecule has 1 saturated heterocycles. The number of nitrogens with zero attached hydrogens (tertiary/aromatic N) is 2. The van der Waals surface area contributed by atoms with Crippen molar-refractivity contribution >= 4 is 10.2 Å². The van der Waals surface area contributed by atoms with Crippen molar-refractivity contribution in [2.45, 2.75) is 45.1 Å². The fourth-order valence-corrected chi connectivity index (χ4v) is 3.65. The van der Waals surface area contributed by atoms with Crippen LogP contribution < -0.4 is 0 Å². The van der Waals surface area contributed by atoms with E-state index in [-0.39, 0.29) is 13.1 Å². The van der Waals surface area contributed by atoms with Gasteiger partial charge < -0.3 is 5.11 Å². The maximum Gasteiger partial charge on any atom is 0.281 e. The molecule has 1 aliphatic rings. The minimum atomic E-state index is -3.36. The predicted molar refractivity (Wildman–Crippen MR) is 67.9 cm³/mol. The van der Waals surface area contributed by atoms with E-state index >= 15 is 0 Å². The van der Waals surface area contributed by atoms with Crippen LogP contribution in [0.5, 0.6) is 0 Å². The lowest BCUT2D eigenvalue weighted by atomic mass is 9.92. The van der Waals surface area contributed by atoms with Crippen LogP contribution in [0.15, 0.2) is 0 Å². The third-order valence-electron chi connectivity index (χ3n) is 3.20. The Hall–Kier alpha value is -0.170. The van der Waals surface area contributed by atoms with Gasteiger partial charge in [-0.25, -0.2) is 0 Å². The molecule has 0 amide bonds. The zero-order valence-electron chi connectivity index (χ0n) is 11.0. The Kier molecular flexibility index (Phi) is 4.95. The molecule has 0 saturated carbocycles. The van der Waals surface area contributed by atoms with E-state index in [2.05, 4.69) is 0 Å². The summed E-state index contributed by atoms with van der Waals surface area (Å²) in [5.41, 5.74) is -0.798. The van der Waals surface area contributed by atoms with E-state index in [4.69, 9.17) is 0 Å². The van der Waals surface area contributed by atoms with Crippen molar-refractivity contribution < 1.29 is 13.5 Å². The van der Waals surface area contributed by atoms with Gasteiger partial charge in [0.05, 0.1) is 5.60 Å². The number of β-amino-alcohol motifs (C(OH)–C–C–N with tert-alkyl or cyclic N) is 1. The maximum absolute atomic E-state index is 12.1. The van der Waals surface area contributed by atoms with Crippen LogP contribution in [0.1, 0.15) is 39.5 Å². The molecular weight excluding hydrogens is 240 g/mol. The van der Waals surface area contributed by atoms with Gasteiger partial charge in [-0.3, -0.25) is 0 Å². The van der Waals surface area contributed by atoms with E-state index in [9.17, 15) is 13.5 Å². The fraction of sp³-hybridized carbons (Fsp3) is 1.00. The predicted octanol–water partition coefficient (Wildman–Crippen LogP) is 0.810. The third kappa shape index (κ3) is 3.40. The minimum absolute atomic E-state index is 0.236. The first-order valence-electron chi connectivity index (χ1n) is 6.29. The van der Waals surface area contributed by atoms with E-state index in [0.717, 1.165) is 19.3 Å². The van der Waals surface area contributed by atoms with Crippen molar-refractivity contribution in [3.63, 3.8) is 0 Å². The summed E-state index contributed by atoms with van der Waals surface area (Å²) in [6.07, 6.45) is 3.37. The molecule has 5 nitrogen and oxygen atoms in total. The molecule has 0 bridgehead atoms. The molecule has 0 unspecified atom stereocenters. The van der Waals surface area contributed by atoms with Crippen LogP contribution in [0.25, 0.3) is 0 Å². The summed E-state index contributed by atoms with van der Waals surface area (Å²) in [7, 11) is -1.76. The molecule has 0 aromatic carbocycles. The molecule has 0 aromatic rings. The van der Waals surface area contributed by atoms with Gasteiger partial charge in [-0.05, 0) is 12.8 Å². The van der Waals surface area contributed by atoms with E-state index < -0.39 is 15.8 Å². The van der Waals surface area contributed by atoms with E-state index in [1.54, 1.807) is 7.05 Å². The monoisotopic (exact) mass is 264 g/mol. The maximum atomic E-state index is 12.1. The van der Waals surface area contributed by atoms with Gasteiger partial charge in [0.2, 0.25) is 0 Å². The van der Waals surface area contributed by atoms with Crippen molar-refractivity contribution in [3.05, 3.63) is 0 Å². The number of hydrogen-bond donors (Lipinski definition) is 1. The van der Waals surface area contributed by atoms with Crippen LogP contribution in [0.2, 0.25) is 0 Å². The van der Waals surface area contributed by atoms with Crippen molar-refractivity contribution in [1.82, 2.24) is 8.61 Å². The second-order valence-corrected chi connectivity index (χ2v) is 6.96. The topological polar surface area (TPSA) is 60.9 Å². The zero-order chi connectivity index (χ0) is 13.1. The quantitative estimate of drug-likeness (QED) is 0.740. The van der Waals surface area contributed by atoms with Crippen LogP contribution >= 0.6 is 0 Å². The standard InChI is InChI=1S/C11H24N2O3S/c1-4-6-8-12(3)17(15,16)13-9-11(14,10-13)7-5-2/h14H,4-10H2,1-3H3. The normalized spacial score (nSPS) is 20.5. The molecule has 17 heavy (non-hydrogen) atoms. The zero-order valence-corrected chi connectivity index (χ0v) is 11.8. The summed E-state index contributed by atoms with van der Waals surface area (Å²) in [6.45, 7) is 5.04. The summed E-state index contributed by atoms with van der Waals surface area (Å²) in [5, 5.41) is 9.98. The van der Waals surface area contributed by atoms with Gasteiger partial charge in [0.15, 0.2) is 0 Å². The molecule has 0 atom stereocenters. The van der Waals surface area contributed by atoms with Gasteiger partial charge in [0.25, 0.3) is 10.2 Å². The second kappa shape index (κ2) is 5.65. The second-order valence-electron chi connectivity index (χ2n) is 4.93. The van der Waals surface area contributed by atoms with Crippen molar-refractivity contribution in [2.24, 2.45) is 0 Å². The number of rotatable bonds is 7. The Labute approximate surface area is 105 Å². The van der Waals surface area contributed by atoms with E-state index in [1.807, 2.05) is 13.8 Å². The van der Waals surface area contributed by atoms with Crippen molar-refractivity contribution in [2.75, 3.05) is 26.7 Å². The highest BCUT2D eigenvalue weighted by molar-refractivity contribution is 7.86. The highest BCUT2D eigenvalue weighted by atomic mass is 32.2. The molecule has 1 rings (SSSR count). The lowest BCUT2D eigenvalue weighted by molar-refractivity contribution is -0.0672. The van der Waals surface area contributed by atoms with E-state index in [0.29, 0.717) is 13.0 Å². The van der Waals surface area contributed by atoms with E-state index in [1.165, 1.54) is 8.61 Å². The summed E-state index contributed by atoms with van der Waals surface area (Å²) >= 11 is 0. The molecule has 1 heterocycles. The Bertz CT molecular complexity index is 337. The van der Waals surface area contributed by atoms with Gasteiger partial charge in [0, 0.05) is 26.7 Å². The van der Waals surface area contributed by atoms with Crippen LogP contribution in [-0.2, 0) is 10.2 Å². The summed E-state index contributed by atoms with van der Waals surface area (Å²) < 4.78 is 26.8. The molecule has 1 aliphatic heterocycles. The molecule has 0 radical (unpaired) electrons. The SMILES string of the molecule is CCCCN(C)S(=O)(=O)N1CC(O)(CCC)C1. The highest BCUT2D eigenvalue weighted by Crippen LogP contribution is 2.29. The first-order valence-corrected chi connectivity index (χ1v) is 7.69. The molecule has 0 aromatic heterocycles. The smallest absolute Gasteiger partial charge is 0.281 e. The highest BCUT2D eigenvalue weighted by Gasteiger charge is 2.47. The Morgan fingerprint density at radius 3 is 2.35 bits per heavy atom. The van der Waals surface area contributed by atoms with Gasteiger partial charge in [-0.15, -0.1) is 0 Å². The summed E-state index contributed by atoms with van der Waals surface area (Å²) in [4.78, 5) is 0. The molecule has 1 fully saturated rings. The Morgan fingerprint density at radius 1 is 1.29 bits per heavy atom. The van der Waals surface area contributed by atoms with Crippen molar-refractivity contribution in [3.8, 4) is 0 Å². The average Bonchev–Trinajstić information content (AvgIpc) is 2.22. The summed E-state index contributed by atoms with van der Waals surface area (Å²) in [5.74, 6) is 0. The molecule has 1 N–H and O–H groups in total. The number of unbranched alkanes of at least 4 members (excludes halogenated alkanes) is 1. The van der Waals surface area contributed by atoms with Crippen LogP contribution in [0.3, 0.4) is 0 Å². The molecule has 0 spiro atoms. The van der Waals surface area contributed by atoms with Crippen LogP contribution in [-0.4, -0.2) is 54.4 Å². The van der Waals surface area contributed by atoms with Gasteiger partial charge in [0.1, 0.15) is 0 Å². The van der Waals surface area contributed by atoms with Gasteiger partial charge >= 0.3 is 0 Å². The molecular formula is C11H24N2O3S. The molecule has 102 valence electrons. The minimum Gasteiger partial charge on any atom is -0.387 e. The van der Waals surface area contributed by atoms with Crippen LogP contribution in [0.4, 0.5) is 0 Å². The van der Waals surface area contributed by atoms with Gasteiger partial charge in [-0.2, -0.15) is 17.0 Å². The fourth-order valence-electron chi connectivity index (χ4n) is 2.09. The van der Waals surface area contributed by atoms with Crippen LogP contribution in [0, 0.1) is 0 Å². The largest absolute Gasteiger partial charge is 0.387 e. The number of aliphatic hydroxyl groups is 1. The first-order chi connectivity index (χ1) is 7.85. The molecule has 6 heteroatoms. The Balaban J connectivity index is 2.52. The lowest BCUT2D eigenvalue weighted by Crippen LogP contribution is -2.65. The third-order valence-corrected chi connectivity index (χ3v) is 5.08. The van der Waals surface area contributed by atoms with Gasteiger partial charge in [-0.1, -0.05) is 26.7 Å². The van der Waals surface area contributed by atoms with Crippen molar-refractivity contribution in [1.29, 1.82) is 0 Å².